The van der Waals surface area contributed by atoms with E-state index in [9.17, 15) is 19.2 Å². The van der Waals surface area contributed by atoms with Crippen molar-refractivity contribution in [1.82, 2.24) is 0 Å². The molecule has 0 amide bonds. The fourth-order valence-electron chi connectivity index (χ4n) is 4.36. The standard InChI is InChI=1S/2C18H13NO4/c2*20-16(21)11-13-8-6-12(7-9-13)10-15-18(22)23-17(19-15)14-4-2-1-3-5-14/h2*1-10H,11H2,(H,20,21)/b2*15-10-. The minimum atomic E-state index is -0.882. The number of nitrogens with zero attached hydrogens (tertiary/aromatic N) is 2. The molecule has 0 fully saturated rings. The third-order valence-corrected chi connectivity index (χ3v) is 6.56. The zero-order valence-electron chi connectivity index (χ0n) is 24.2. The molecule has 0 atom stereocenters. The molecule has 46 heavy (non-hydrogen) atoms. The number of aliphatic carboxylic acids is 2. The molecule has 10 heteroatoms. The van der Waals surface area contributed by atoms with Gasteiger partial charge in [0.1, 0.15) is 0 Å². The quantitative estimate of drug-likeness (QED) is 0.200. The van der Waals surface area contributed by atoms with Crippen LogP contribution in [-0.2, 0) is 41.5 Å². The number of carboxylic acid groups (broad SMARTS) is 2. The highest BCUT2D eigenvalue weighted by atomic mass is 16.6. The summed E-state index contributed by atoms with van der Waals surface area (Å²) in [7, 11) is 0. The van der Waals surface area contributed by atoms with Crippen molar-refractivity contribution < 1.29 is 38.9 Å². The van der Waals surface area contributed by atoms with Crippen molar-refractivity contribution in [3.63, 3.8) is 0 Å². The van der Waals surface area contributed by atoms with E-state index in [1.807, 2.05) is 60.7 Å². The third kappa shape index (κ3) is 8.35. The van der Waals surface area contributed by atoms with Gasteiger partial charge in [0.25, 0.3) is 0 Å². The Kier molecular flexibility index (Phi) is 9.69. The molecule has 0 radical (unpaired) electrons. The number of carboxylic acids is 2. The highest BCUT2D eigenvalue weighted by Crippen LogP contribution is 2.21. The lowest BCUT2D eigenvalue weighted by atomic mass is 10.1. The first kappa shape index (κ1) is 31.0. The zero-order chi connectivity index (χ0) is 32.5. The van der Waals surface area contributed by atoms with Gasteiger partial charge in [-0.05, 0) is 58.7 Å². The fourth-order valence-corrected chi connectivity index (χ4v) is 4.36. The number of hydrogen-bond acceptors (Lipinski definition) is 8. The van der Waals surface area contributed by atoms with Crippen LogP contribution in [0.3, 0.4) is 0 Å². The molecule has 4 aromatic carbocycles. The number of carbonyl (C=O) groups excluding carboxylic acids is 2. The number of aliphatic imine (C=N–C) groups is 2. The predicted octanol–water partition coefficient (Wildman–Crippen LogP) is 5.32. The topological polar surface area (TPSA) is 152 Å². The molecule has 0 spiro atoms. The van der Waals surface area contributed by atoms with Crippen LogP contribution in [0.25, 0.3) is 12.2 Å². The Hall–Kier alpha value is -6.42. The summed E-state index contributed by atoms with van der Waals surface area (Å²) >= 11 is 0. The molecule has 228 valence electrons. The summed E-state index contributed by atoms with van der Waals surface area (Å²) in [5.74, 6) is -2.20. The van der Waals surface area contributed by atoms with E-state index < -0.39 is 23.9 Å². The van der Waals surface area contributed by atoms with Gasteiger partial charge in [0, 0.05) is 11.1 Å². The number of ether oxygens (including phenoxy) is 2. The van der Waals surface area contributed by atoms with Crippen LogP contribution in [0.2, 0.25) is 0 Å². The van der Waals surface area contributed by atoms with E-state index in [1.165, 1.54) is 0 Å². The summed E-state index contributed by atoms with van der Waals surface area (Å²) in [5.41, 5.74) is 4.81. The van der Waals surface area contributed by atoms with Crippen molar-refractivity contribution in [1.29, 1.82) is 0 Å². The van der Waals surface area contributed by atoms with Crippen LogP contribution in [-0.4, -0.2) is 45.9 Å². The lowest BCUT2D eigenvalue weighted by Gasteiger charge is -1.98. The van der Waals surface area contributed by atoms with Crippen molar-refractivity contribution >= 4 is 47.8 Å². The molecule has 2 aliphatic rings. The van der Waals surface area contributed by atoms with Crippen molar-refractivity contribution in [3.8, 4) is 0 Å². The fraction of sp³-hybridized carbons (Fsp3) is 0.0556. The maximum Gasteiger partial charge on any atom is 0.363 e. The summed E-state index contributed by atoms with van der Waals surface area (Å²) < 4.78 is 10.3. The van der Waals surface area contributed by atoms with E-state index >= 15 is 0 Å². The first-order chi connectivity index (χ1) is 22.2. The van der Waals surface area contributed by atoms with Crippen LogP contribution >= 0.6 is 0 Å². The second kappa shape index (κ2) is 14.4. The van der Waals surface area contributed by atoms with Crippen molar-refractivity contribution in [2.45, 2.75) is 12.8 Å². The number of carbonyl (C=O) groups is 4. The van der Waals surface area contributed by atoms with E-state index in [1.54, 1.807) is 60.7 Å². The molecule has 6 rings (SSSR count). The monoisotopic (exact) mass is 614 g/mol. The number of esters is 2. The second-order valence-corrected chi connectivity index (χ2v) is 10.0. The molecule has 0 aliphatic carbocycles. The molecule has 4 aromatic rings. The van der Waals surface area contributed by atoms with Crippen molar-refractivity contribution in [2.24, 2.45) is 9.98 Å². The van der Waals surface area contributed by atoms with Crippen molar-refractivity contribution in [3.05, 3.63) is 154 Å². The van der Waals surface area contributed by atoms with E-state index in [4.69, 9.17) is 19.7 Å². The van der Waals surface area contributed by atoms with Crippen LogP contribution in [0.5, 0.6) is 0 Å². The molecule has 2 aliphatic heterocycles. The number of cyclic esters (lactones) is 2. The van der Waals surface area contributed by atoms with Gasteiger partial charge >= 0.3 is 23.9 Å². The average molecular weight is 615 g/mol. The summed E-state index contributed by atoms with van der Waals surface area (Å²) in [6.45, 7) is 0. The molecule has 2 N–H and O–H groups in total. The first-order valence-electron chi connectivity index (χ1n) is 14.0. The highest BCUT2D eigenvalue weighted by Gasteiger charge is 2.25. The predicted molar refractivity (Wildman–Crippen MR) is 170 cm³/mol. The summed E-state index contributed by atoms with van der Waals surface area (Å²) in [6.07, 6.45) is 3.16. The number of hydrogen-bond donors (Lipinski definition) is 2. The Balaban J connectivity index is 0.000000181. The highest BCUT2D eigenvalue weighted by molar-refractivity contribution is 6.13. The molecule has 0 unspecified atom stereocenters. The minimum absolute atomic E-state index is 0.0325. The summed E-state index contributed by atoms with van der Waals surface area (Å²) in [4.78, 5) is 53.5. The Labute approximate surface area is 263 Å². The van der Waals surface area contributed by atoms with Gasteiger partial charge in [-0.15, -0.1) is 0 Å². The lowest BCUT2D eigenvalue weighted by Crippen LogP contribution is -2.04. The molecular formula is C36H26N2O8. The maximum absolute atomic E-state index is 11.9. The van der Waals surface area contributed by atoms with Crippen LogP contribution in [0.1, 0.15) is 33.4 Å². The Morgan fingerprint density at radius 2 is 0.891 bits per heavy atom. The van der Waals surface area contributed by atoms with Gasteiger partial charge in [-0.2, -0.15) is 0 Å². The molecule has 0 aromatic heterocycles. The van der Waals surface area contributed by atoms with Gasteiger partial charge in [0.2, 0.25) is 11.8 Å². The molecular weight excluding hydrogens is 588 g/mol. The molecule has 0 saturated heterocycles. The Morgan fingerprint density at radius 1 is 0.543 bits per heavy atom. The lowest BCUT2D eigenvalue weighted by molar-refractivity contribution is -0.137. The van der Waals surface area contributed by atoms with Crippen LogP contribution in [0.4, 0.5) is 0 Å². The van der Waals surface area contributed by atoms with Gasteiger partial charge < -0.3 is 19.7 Å². The van der Waals surface area contributed by atoms with Crippen LogP contribution in [0.15, 0.2) is 131 Å². The first-order valence-corrected chi connectivity index (χ1v) is 14.0. The van der Waals surface area contributed by atoms with Gasteiger partial charge in [-0.25, -0.2) is 19.6 Å². The van der Waals surface area contributed by atoms with Crippen LogP contribution in [0, 0.1) is 0 Å². The van der Waals surface area contributed by atoms with E-state index in [0.29, 0.717) is 11.1 Å². The Bertz CT molecular complexity index is 1750. The molecule has 2 heterocycles. The van der Waals surface area contributed by atoms with Gasteiger partial charge in [-0.3, -0.25) is 9.59 Å². The summed E-state index contributed by atoms with van der Waals surface area (Å²) in [5, 5.41) is 17.5. The van der Waals surface area contributed by atoms with E-state index in [-0.39, 0.29) is 36.0 Å². The summed E-state index contributed by atoms with van der Waals surface area (Å²) in [6, 6.07) is 32.2. The SMILES string of the molecule is O=C(O)Cc1ccc(/C=C2\N=C(c3ccccc3)OC2=O)cc1.O=C(O)Cc1ccc(/C=C2\N=C(c3ccccc3)OC2=O)cc1. The zero-order valence-corrected chi connectivity index (χ0v) is 24.2. The third-order valence-electron chi connectivity index (χ3n) is 6.56. The largest absolute Gasteiger partial charge is 0.481 e. The normalized spacial score (nSPS) is 15.4. The van der Waals surface area contributed by atoms with Gasteiger partial charge in [0.15, 0.2) is 11.4 Å². The van der Waals surface area contributed by atoms with Gasteiger partial charge in [-0.1, -0.05) is 84.9 Å². The molecule has 0 saturated carbocycles. The van der Waals surface area contributed by atoms with E-state index in [0.717, 1.165) is 22.3 Å². The average Bonchev–Trinajstić information content (AvgIpc) is 3.61. The number of rotatable bonds is 8. The minimum Gasteiger partial charge on any atom is -0.481 e. The number of benzene rings is 4. The maximum atomic E-state index is 11.9. The van der Waals surface area contributed by atoms with Gasteiger partial charge in [0.05, 0.1) is 12.8 Å². The Morgan fingerprint density at radius 3 is 1.22 bits per heavy atom. The molecule has 10 nitrogen and oxygen atoms in total. The van der Waals surface area contributed by atoms with Crippen LogP contribution < -0.4 is 0 Å². The van der Waals surface area contributed by atoms with Crippen molar-refractivity contribution in [2.75, 3.05) is 0 Å². The smallest absolute Gasteiger partial charge is 0.363 e. The second-order valence-electron chi connectivity index (χ2n) is 10.0. The molecule has 0 bridgehead atoms. The van der Waals surface area contributed by atoms with E-state index in [2.05, 4.69) is 9.98 Å².